The fraction of sp³-hybridized carbons (Fsp3) is 0.400. The zero-order chi connectivity index (χ0) is 14.7. The summed E-state index contributed by atoms with van der Waals surface area (Å²) < 4.78 is 0. The topological polar surface area (TPSA) is 12.0 Å². The van der Waals surface area contributed by atoms with Gasteiger partial charge in [-0.05, 0) is 49.3 Å². The molecule has 0 bridgehead atoms. The Morgan fingerprint density at radius 1 is 0.952 bits per heavy atom. The van der Waals surface area contributed by atoms with Crippen LogP contribution in [-0.2, 0) is 0 Å². The summed E-state index contributed by atoms with van der Waals surface area (Å²) in [6.07, 6.45) is 4.16. The van der Waals surface area contributed by atoms with E-state index in [1.165, 1.54) is 36.0 Å². The third kappa shape index (κ3) is 3.19. The predicted molar refractivity (Wildman–Crippen MR) is 89.4 cm³/mol. The second-order valence-corrected chi connectivity index (χ2v) is 6.35. The molecule has 2 aromatic rings. The molecule has 1 heteroatoms. The number of nitrogens with one attached hydrogen (secondary N) is 1. The summed E-state index contributed by atoms with van der Waals surface area (Å²) in [6, 6.07) is 20.4. The fourth-order valence-corrected chi connectivity index (χ4v) is 3.26. The van der Waals surface area contributed by atoms with E-state index in [1.54, 1.807) is 0 Å². The van der Waals surface area contributed by atoms with Crippen molar-refractivity contribution < 1.29 is 0 Å². The van der Waals surface area contributed by atoms with Crippen molar-refractivity contribution in [1.29, 1.82) is 0 Å². The van der Waals surface area contributed by atoms with Gasteiger partial charge in [-0.3, -0.25) is 0 Å². The number of hydrogen-bond acceptors (Lipinski definition) is 1. The first-order valence-corrected chi connectivity index (χ1v) is 8.12. The van der Waals surface area contributed by atoms with Crippen molar-refractivity contribution >= 4 is 0 Å². The molecule has 1 saturated carbocycles. The second kappa shape index (κ2) is 6.44. The van der Waals surface area contributed by atoms with Crippen LogP contribution in [0.5, 0.6) is 0 Å². The Labute approximate surface area is 128 Å². The van der Waals surface area contributed by atoms with Gasteiger partial charge in [0.05, 0.1) is 6.04 Å². The van der Waals surface area contributed by atoms with E-state index >= 15 is 0 Å². The van der Waals surface area contributed by atoms with Gasteiger partial charge >= 0.3 is 0 Å². The van der Waals surface area contributed by atoms with Crippen LogP contribution >= 0.6 is 0 Å². The molecule has 1 fully saturated rings. The van der Waals surface area contributed by atoms with Crippen molar-refractivity contribution in [3.05, 3.63) is 71.3 Å². The van der Waals surface area contributed by atoms with E-state index in [0.717, 1.165) is 5.92 Å². The molecule has 110 valence electrons. The summed E-state index contributed by atoms with van der Waals surface area (Å²) in [4.78, 5) is 0. The van der Waals surface area contributed by atoms with Crippen LogP contribution < -0.4 is 5.32 Å². The van der Waals surface area contributed by atoms with Crippen LogP contribution in [0.3, 0.4) is 0 Å². The smallest absolute Gasteiger partial charge is 0.0581 e. The van der Waals surface area contributed by atoms with Gasteiger partial charge < -0.3 is 5.32 Å². The lowest BCUT2D eigenvalue weighted by atomic mass is 9.79. The minimum absolute atomic E-state index is 0.294. The molecule has 21 heavy (non-hydrogen) atoms. The van der Waals surface area contributed by atoms with E-state index in [1.807, 2.05) is 0 Å². The summed E-state index contributed by atoms with van der Waals surface area (Å²) in [5.41, 5.74) is 4.12. The van der Waals surface area contributed by atoms with Crippen LogP contribution in [-0.4, -0.2) is 6.04 Å². The average Bonchev–Trinajstić information content (AvgIpc) is 2.45. The van der Waals surface area contributed by atoms with Gasteiger partial charge in [0.15, 0.2) is 0 Å². The normalized spacial score (nSPS) is 18.0. The highest BCUT2D eigenvalue weighted by Crippen LogP contribution is 2.32. The van der Waals surface area contributed by atoms with Gasteiger partial charge in [0, 0.05) is 6.04 Å². The highest BCUT2D eigenvalue weighted by molar-refractivity contribution is 5.36. The standard InChI is InChI=1S/C20H25N/c1-15-9-6-7-14-19(15)20(18-10-4-3-5-11-18)21-16(2)17-12-8-13-17/h3-7,9-11,14,16-17,20-21H,8,12-13H2,1-2H3. The quantitative estimate of drug-likeness (QED) is 0.824. The SMILES string of the molecule is Cc1ccccc1C(NC(C)C1CCC1)c1ccccc1. The van der Waals surface area contributed by atoms with Crippen molar-refractivity contribution in [3.63, 3.8) is 0 Å². The third-order valence-corrected chi connectivity index (χ3v) is 4.92. The Morgan fingerprint density at radius 2 is 1.62 bits per heavy atom. The molecule has 2 unspecified atom stereocenters. The molecule has 2 aromatic carbocycles. The molecule has 0 heterocycles. The highest BCUT2D eigenvalue weighted by atomic mass is 15.0. The zero-order valence-electron chi connectivity index (χ0n) is 13.0. The first kappa shape index (κ1) is 14.3. The number of benzene rings is 2. The number of hydrogen-bond donors (Lipinski definition) is 1. The minimum Gasteiger partial charge on any atom is -0.303 e. The minimum atomic E-state index is 0.294. The zero-order valence-corrected chi connectivity index (χ0v) is 13.0. The highest BCUT2D eigenvalue weighted by Gasteiger charge is 2.27. The summed E-state index contributed by atoms with van der Waals surface area (Å²) in [5, 5.41) is 3.89. The average molecular weight is 279 g/mol. The van der Waals surface area contributed by atoms with Gasteiger partial charge in [0.25, 0.3) is 0 Å². The Hall–Kier alpha value is -1.60. The van der Waals surface area contributed by atoms with Crippen molar-refractivity contribution in [1.82, 2.24) is 5.32 Å². The third-order valence-electron chi connectivity index (χ3n) is 4.92. The van der Waals surface area contributed by atoms with Gasteiger partial charge in [-0.25, -0.2) is 0 Å². The predicted octanol–water partition coefficient (Wildman–Crippen LogP) is 4.86. The van der Waals surface area contributed by atoms with E-state index in [9.17, 15) is 0 Å². The lowest BCUT2D eigenvalue weighted by Gasteiger charge is -2.35. The molecule has 0 radical (unpaired) electrons. The van der Waals surface area contributed by atoms with Crippen LogP contribution in [0.15, 0.2) is 54.6 Å². The molecular formula is C20H25N. The van der Waals surface area contributed by atoms with Gasteiger partial charge in [0.1, 0.15) is 0 Å². The summed E-state index contributed by atoms with van der Waals surface area (Å²) in [5.74, 6) is 0.847. The van der Waals surface area contributed by atoms with Gasteiger partial charge in [-0.15, -0.1) is 0 Å². The molecule has 1 N–H and O–H groups in total. The number of aryl methyl sites for hydroxylation is 1. The Morgan fingerprint density at radius 3 is 2.24 bits per heavy atom. The first-order chi connectivity index (χ1) is 10.3. The van der Waals surface area contributed by atoms with Crippen molar-refractivity contribution in [2.24, 2.45) is 5.92 Å². The largest absolute Gasteiger partial charge is 0.303 e. The lowest BCUT2D eigenvalue weighted by molar-refractivity contribution is 0.232. The van der Waals surface area contributed by atoms with Crippen molar-refractivity contribution in [2.75, 3.05) is 0 Å². The molecule has 0 saturated heterocycles. The second-order valence-electron chi connectivity index (χ2n) is 6.35. The monoisotopic (exact) mass is 279 g/mol. The van der Waals surface area contributed by atoms with Gasteiger partial charge in [-0.1, -0.05) is 61.0 Å². The van der Waals surface area contributed by atoms with E-state index in [2.05, 4.69) is 73.8 Å². The molecule has 1 aliphatic carbocycles. The van der Waals surface area contributed by atoms with Gasteiger partial charge in [-0.2, -0.15) is 0 Å². The Balaban J connectivity index is 1.89. The van der Waals surface area contributed by atoms with Crippen molar-refractivity contribution in [2.45, 2.75) is 45.2 Å². The van der Waals surface area contributed by atoms with Gasteiger partial charge in [0.2, 0.25) is 0 Å². The summed E-state index contributed by atoms with van der Waals surface area (Å²) in [7, 11) is 0. The van der Waals surface area contributed by atoms with E-state index in [-0.39, 0.29) is 0 Å². The van der Waals surface area contributed by atoms with Crippen LogP contribution in [0.2, 0.25) is 0 Å². The molecule has 1 aliphatic rings. The van der Waals surface area contributed by atoms with E-state index in [0.29, 0.717) is 12.1 Å². The number of rotatable bonds is 5. The summed E-state index contributed by atoms with van der Waals surface area (Å²) >= 11 is 0. The van der Waals surface area contributed by atoms with E-state index in [4.69, 9.17) is 0 Å². The molecule has 3 rings (SSSR count). The molecule has 0 amide bonds. The van der Waals surface area contributed by atoms with Crippen molar-refractivity contribution in [3.8, 4) is 0 Å². The molecule has 2 atom stereocenters. The molecule has 0 spiro atoms. The first-order valence-electron chi connectivity index (χ1n) is 8.12. The fourth-order valence-electron chi connectivity index (χ4n) is 3.26. The molecular weight excluding hydrogens is 254 g/mol. The maximum Gasteiger partial charge on any atom is 0.0581 e. The molecule has 1 nitrogen and oxygen atoms in total. The maximum atomic E-state index is 3.89. The van der Waals surface area contributed by atoms with E-state index < -0.39 is 0 Å². The van der Waals surface area contributed by atoms with Crippen LogP contribution in [0.25, 0.3) is 0 Å². The Kier molecular flexibility index (Phi) is 4.40. The molecule has 0 aliphatic heterocycles. The molecule has 0 aromatic heterocycles. The van der Waals surface area contributed by atoms with Crippen LogP contribution in [0.4, 0.5) is 0 Å². The summed E-state index contributed by atoms with van der Waals surface area (Å²) in [6.45, 7) is 4.55. The Bertz CT molecular complexity index is 571. The lowest BCUT2D eigenvalue weighted by Crippen LogP contribution is -2.39. The van der Waals surface area contributed by atoms with Crippen LogP contribution in [0.1, 0.15) is 48.9 Å². The maximum absolute atomic E-state index is 3.89. The van der Waals surface area contributed by atoms with Crippen LogP contribution in [0, 0.1) is 12.8 Å².